The van der Waals surface area contributed by atoms with Gasteiger partial charge in [-0.25, -0.2) is 0 Å². The van der Waals surface area contributed by atoms with E-state index in [1.54, 1.807) is 0 Å². The lowest BCUT2D eigenvalue weighted by Gasteiger charge is -1.80. The molecule has 0 bridgehead atoms. The van der Waals surface area contributed by atoms with Crippen LogP contribution in [0.25, 0.3) is 0 Å². The van der Waals surface area contributed by atoms with Gasteiger partial charge in [0.2, 0.25) is 0 Å². The molecule has 0 spiro atoms. The topological polar surface area (TPSA) is 12.4 Å². The zero-order valence-electron chi connectivity index (χ0n) is 9.06. The Balaban J connectivity index is 3.55. The summed E-state index contributed by atoms with van der Waals surface area (Å²) in [5.74, 6) is 0. The predicted octanol–water partition coefficient (Wildman–Crippen LogP) is 3.71. The number of rotatable bonds is 6. The van der Waals surface area contributed by atoms with Crippen LogP contribution in [0.4, 0.5) is 0 Å². The second-order valence-corrected chi connectivity index (χ2v) is 2.69. The molecular weight excluding hydrogens is 170 g/mol. The second-order valence-electron chi connectivity index (χ2n) is 2.69. The number of nitrogens with zero attached hydrogens (tertiary/aromatic N) is 1. The van der Waals surface area contributed by atoms with Gasteiger partial charge in [-0.05, 0) is 19.4 Å². The van der Waals surface area contributed by atoms with Gasteiger partial charge in [0.15, 0.2) is 0 Å². The fourth-order valence-electron chi connectivity index (χ4n) is 0.777. The van der Waals surface area contributed by atoms with Crippen molar-refractivity contribution < 1.29 is 0 Å². The molecule has 0 unspecified atom stereocenters. The Morgan fingerprint density at radius 1 is 0.929 bits per heavy atom. The largest absolute Gasteiger partial charge is 0.289 e. The van der Waals surface area contributed by atoms with E-state index in [9.17, 15) is 0 Å². The highest BCUT2D eigenvalue weighted by molar-refractivity contribution is 5.71. The van der Waals surface area contributed by atoms with Gasteiger partial charge < -0.3 is 0 Å². The Labute approximate surface area is 87.3 Å². The minimum atomic E-state index is 0.775. The van der Waals surface area contributed by atoms with E-state index < -0.39 is 0 Å². The van der Waals surface area contributed by atoms with Gasteiger partial charge in [-0.15, -0.1) is 0 Å². The first-order valence-corrected chi connectivity index (χ1v) is 5.01. The molecule has 0 aromatic rings. The quantitative estimate of drug-likeness (QED) is 0.343. The smallest absolute Gasteiger partial charge is 0.0570 e. The lowest BCUT2D eigenvalue weighted by molar-refractivity contribution is 1.18. The highest BCUT2D eigenvalue weighted by atomic mass is 14.7. The zero-order chi connectivity index (χ0) is 10.5. The summed E-state index contributed by atoms with van der Waals surface area (Å²) < 4.78 is 0. The van der Waals surface area contributed by atoms with Crippen LogP contribution in [0.3, 0.4) is 0 Å². The molecule has 0 N–H and O–H groups in total. The molecule has 0 heterocycles. The highest BCUT2D eigenvalue weighted by Crippen LogP contribution is 1.81. The van der Waals surface area contributed by atoms with Gasteiger partial charge in [0.25, 0.3) is 0 Å². The molecule has 0 aromatic heterocycles. The van der Waals surface area contributed by atoms with Crippen molar-refractivity contribution in [1.82, 2.24) is 0 Å². The summed E-state index contributed by atoms with van der Waals surface area (Å²) in [6, 6.07) is 0. The third-order valence-corrected chi connectivity index (χ3v) is 1.44. The average Bonchev–Trinajstić information content (AvgIpc) is 2.21. The summed E-state index contributed by atoms with van der Waals surface area (Å²) in [4.78, 5) is 4.18. The standard InChI is InChI=1S/C13H19N/c1-3-5-7-8-9-11-13-14-12-10-6-4-2/h3,5-11,13H,4,12H2,1-2H3/b5-3?,8-7?,10-6+,11-9+,14-13+. The third kappa shape index (κ3) is 10.6. The molecule has 0 saturated carbocycles. The Kier molecular flexibility index (Phi) is 10.5. The van der Waals surface area contributed by atoms with Crippen molar-refractivity contribution in [3.8, 4) is 0 Å². The van der Waals surface area contributed by atoms with Gasteiger partial charge >= 0.3 is 0 Å². The number of hydrogen-bond acceptors (Lipinski definition) is 1. The van der Waals surface area contributed by atoms with Crippen LogP contribution in [0, 0.1) is 0 Å². The minimum Gasteiger partial charge on any atom is -0.289 e. The van der Waals surface area contributed by atoms with Gasteiger partial charge in [0, 0.05) is 6.21 Å². The fourth-order valence-corrected chi connectivity index (χ4v) is 0.777. The van der Waals surface area contributed by atoms with E-state index in [4.69, 9.17) is 0 Å². The summed E-state index contributed by atoms with van der Waals surface area (Å²) in [5, 5.41) is 0. The maximum Gasteiger partial charge on any atom is 0.0570 e. The molecule has 0 aliphatic carbocycles. The maximum absolute atomic E-state index is 4.18. The molecule has 0 atom stereocenters. The molecule has 0 rings (SSSR count). The Morgan fingerprint density at radius 3 is 2.36 bits per heavy atom. The normalized spacial score (nSPS) is 13.6. The molecule has 0 aliphatic heterocycles. The van der Waals surface area contributed by atoms with Gasteiger partial charge in [-0.1, -0.05) is 49.5 Å². The SMILES string of the molecule is CC=CC=C/C=C/C=N/C/C=C/CC. The molecule has 0 aromatic carbocycles. The maximum atomic E-state index is 4.18. The van der Waals surface area contributed by atoms with Crippen molar-refractivity contribution in [1.29, 1.82) is 0 Å². The molecule has 0 radical (unpaired) electrons. The fraction of sp³-hybridized carbons (Fsp3) is 0.308. The van der Waals surface area contributed by atoms with Crippen LogP contribution in [0.15, 0.2) is 53.6 Å². The van der Waals surface area contributed by atoms with E-state index in [1.807, 2.05) is 49.6 Å². The number of allylic oxidation sites excluding steroid dienone is 7. The molecule has 76 valence electrons. The first kappa shape index (κ1) is 12.6. The first-order chi connectivity index (χ1) is 6.91. The first-order valence-electron chi connectivity index (χ1n) is 5.01. The molecular formula is C13H19N. The summed E-state index contributed by atoms with van der Waals surface area (Å²) in [7, 11) is 0. The lowest BCUT2D eigenvalue weighted by Crippen LogP contribution is -1.72. The van der Waals surface area contributed by atoms with Crippen LogP contribution in [0.1, 0.15) is 20.3 Å². The minimum absolute atomic E-state index is 0.775. The van der Waals surface area contributed by atoms with Crippen molar-refractivity contribution in [2.45, 2.75) is 20.3 Å². The van der Waals surface area contributed by atoms with Gasteiger partial charge in [0.1, 0.15) is 0 Å². The Morgan fingerprint density at radius 2 is 1.64 bits per heavy atom. The van der Waals surface area contributed by atoms with Gasteiger partial charge in [0.05, 0.1) is 6.54 Å². The highest BCUT2D eigenvalue weighted by Gasteiger charge is 1.68. The van der Waals surface area contributed by atoms with Crippen LogP contribution >= 0.6 is 0 Å². The summed E-state index contributed by atoms with van der Waals surface area (Å²) in [6.07, 6.45) is 18.9. The number of hydrogen-bond donors (Lipinski definition) is 0. The molecule has 0 aliphatic rings. The van der Waals surface area contributed by atoms with Crippen LogP contribution in [0.2, 0.25) is 0 Å². The lowest BCUT2D eigenvalue weighted by atomic mass is 10.4. The zero-order valence-corrected chi connectivity index (χ0v) is 9.06. The van der Waals surface area contributed by atoms with E-state index in [1.165, 1.54) is 0 Å². The van der Waals surface area contributed by atoms with Crippen LogP contribution in [0.5, 0.6) is 0 Å². The van der Waals surface area contributed by atoms with Crippen molar-refractivity contribution in [2.75, 3.05) is 6.54 Å². The van der Waals surface area contributed by atoms with Crippen molar-refractivity contribution in [2.24, 2.45) is 4.99 Å². The van der Waals surface area contributed by atoms with E-state index in [2.05, 4.69) is 24.1 Å². The van der Waals surface area contributed by atoms with Crippen molar-refractivity contribution in [3.63, 3.8) is 0 Å². The van der Waals surface area contributed by atoms with Gasteiger partial charge in [-0.2, -0.15) is 0 Å². The summed E-state index contributed by atoms with van der Waals surface area (Å²) >= 11 is 0. The van der Waals surface area contributed by atoms with Crippen molar-refractivity contribution >= 4 is 6.21 Å². The van der Waals surface area contributed by atoms with Gasteiger partial charge in [-0.3, -0.25) is 4.99 Å². The molecule has 0 amide bonds. The summed E-state index contributed by atoms with van der Waals surface area (Å²) in [6.45, 7) is 4.89. The van der Waals surface area contributed by atoms with E-state index >= 15 is 0 Å². The molecule has 0 saturated heterocycles. The van der Waals surface area contributed by atoms with E-state index in [-0.39, 0.29) is 0 Å². The number of aliphatic imine (C=N–C) groups is 1. The summed E-state index contributed by atoms with van der Waals surface area (Å²) in [5.41, 5.74) is 0. The Hall–Kier alpha value is -1.37. The predicted molar refractivity (Wildman–Crippen MR) is 65.9 cm³/mol. The third-order valence-electron chi connectivity index (χ3n) is 1.44. The van der Waals surface area contributed by atoms with Crippen molar-refractivity contribution in [3.05, 3.63) is 48.6 Å². The molecule has 0 fully saturated rings. The average molecular weight is 189 g/mol. The van der Waals surface area contributed by atoms with E-state index in [0.29, 0.717) is 0 Å². The second kappa shape index (κ2) is 11.6. The van der Waals surface area contributed by atoms with Crippen LogP contribution in [-0.4, -0.2) is 12.8 Å². The van der Waals surface area contributed by atoms with Crippen LogP contribution in [-0.2, 0) is 0 Å². The molecule has 1 heteroatoms. The van der Waals surface area contributed by atoms with Crippen LogP contribution < -0.4 is 0 Å². The Bertz CT molecular complexity index is 242. The van der Waals surface area contributed by atoms with E-state index in [0.717, 1.165) is 13.0 Å². The molecule has 14 heavy (non-hydrogen) atoms. The monoisotopic (exact) mass is 189 g/mol. The molecule has 1 nitrogen and oxygen atoms in total.